The standard InChI is InChI=1S/C20H32N2.BrH/c1-2-3-4-5-6-7-8-15-22-18-13-9-11-16(18)20(21)17-12-10-14-19(17)22;/h21H,2-15H2,1H3;1H/p-1. The van der Waals surface area contributed by atoms with Crippen LogP contribution in [-0.4, -0.2) is 4.57 Å². The molecule has 3 rings (SSSR count). The van der Waals surface area contributed by atoms with Gasteiger partial charge in [0.05, 0.1) is 5.36 Å². The lowest BCUT2D eigenvalue weighted by molar-refractivity contribution is -0.00000495. The summed E-state index contributed by atoms with van der Waals surface area (Å²) >= 11 is 0. The largest absolute Gasteiger partial charge is 1.00 e. The van der Waals surface area contributed by atoms with Gasteiger partial charge >= 0.3 is 0 Å². The highest BCUT2D eigenvalue weighted by molar-refractivity contribution is 5.36. The summed E-state index contributed by atoms with van der Waals surface area (Å²) in [6.45, 7) is 3.49. The highest BCUT2D eigenvalue weighted by Gasteiger charge is 2.24. The van der Waals surface area contributed by atoms with E-state index >= 15 is 0 Å². The Balaban J connectivity index is 0.00000192. The molecule has 1 N–H and O–H groups in total. The first kappa shape index (κ1) is 18.8. The molecular weight excluding hydrogens is 348 g/mol. The maximum absolute atomic E-state index is 8.50. The van der Waals surface area contributed by atoms with Gasteiger partial charge in [-0.1, -0.05) is 45.4 Å². The number of pyridine rings is 1. The van der Waals surface area contributed by atoms with Crippen LogP contribution in [0.25, 0.3) is 0 Å². The number of nitrogens with zero attached hydrogens (tertiary/aromatic N) is 1. The third-order valence-corrected chi connectivity index (χ3v) is 5.62. The Hall–Kier alpha value is -0.570. The van der Waals surface area contributed by atoms with E-state index in [1.807, 2.05) is 0 Å². The van der Waals surface area contributed by atoms with Crippen LogP contribution in [0, 0.1) is 5.41 Å². The first-order chi connectivity index (χ1) is 10.8. The van der Waals surface area contributed by atoms with E-state index in [1.54, 1.807) is 0 Å². The lowest BCUT2D eigenvalue weighted by atomic mass is 10.1. The summed E-state index contributed by atoms with van der Waals surface area (Å²) in [5.74, 6) is 0. The molecule has 2 nitrogen and oxygen atoms in total. The average Bonchev–Trinajstić information content (AvgIpc) is 3.18. The predicted molar refractivity (Wildman–Crippen MR) is 92.3 cm³/mol. The zero-order chi connectivity index (χ0) is 15.4. The normalized spacial score (nSPS) is 15.3. The average molecular weight is 380 g/mol. The minimum Gasteiger partial charge on any atom is -1.00 e. The van der Waals surface area contributed by atoms with Gasteiger partial charge in [-0.3, -0.25) is 0 Å². The number of aromatic nitrogens is 1. The minimum atomic E-state index is 0. The topological polar surface area (TPSA) is 28.8 Å². The van der Waals surface area contributed by atoms with Crippen LogP contribution in [0.5, 0.6) is 0 Å². The molecule has 1 aromatic rings. The second kappa shape index (κ2) is 9.05. The quantitative estimate of drug-likeness (QED) is 0.666. The van der Waals surface area contributed by atoms with Crippen LogP contribution in [0.15, 0.2) is 0 Å². The van der Waals surface area contributed by atoms with E-state index in [4.69, 9.17) is 5.41 Å². The van der Waals surface area contributed by atoms with Crippen molar-refractivity contribution in [2.75, 3.05) is 0 Å². The molecule has 130 valence electrons. The predicted octanol–water partition coefficient (Wildman–Crippen LogP) is 1.70. The van der Waals surface area contributed by atoms with E-state index in [2.05, 4.69) is 11.5 Å². The lowest BCUT2D eigenvalue weighted by Crippen LogP contribution is -3.00. The SMILES string of the molecule is CCCCCCCCCn1c2c(c(=N)c3c1CCC3)CCC2.[Br-]. The van der Waals surface area contributed by atoms with Gasteiger partial charge in [-0.05, 0) is 56.1 Å². The van der Waals surface area contributed by atoms with Crippen molar-refractivity contribution in [1.82, 2.24) is 4.57 Å². The van der Waals surface area contributed by atoms with Crippen LogP contribution < -0.4 is 22.3 Å². The number of rotatable bonds is 8. The van der Waals surface area contributed by atoms with Crippen molar-refractivity contribution in [2.45, 2.75) is 96.9 Å². The molecule has 0 bridgehead atoms. The summed E-state index contributed by atoms with van der Waals surface area (Å²) in [5.41, 5.74) is 5.83. The third kappa shape index (κ3) is 4.10. The number of nitrogens with one attached hydrogen (secondary N) is 1. The first-order valence-corrected chi connectivity index (χ1v) is 9.63. The van der Waals surface area contributed by atoms with Gasteiger partial charge in [-0.25, -0.2) is 0 Å². The van der Waals surface area contributed by atoms with Gasteiger partial charge in [-0.2, -0.15) is 0 Å². The van der Waals surface area contributed by atoms with Gasteiger partial charge < -0.3 is 27.0 Å². The van der Waals surface area contributed by atoms with E-state index in [1.165, 1.54) is 99.7 Å². The monoisotopic (exact) mass is 379 g/mol. The van der Waals surface area contributed by atoms with E-state index in [0.29, 0.717) is 0 Å². The van der Waals surface area contributed by atoms with Gasteiger partial charge in [0.15, 0.2) is 0 Å². The molecule has 2 aliphatic carbocycles. The molecule has 0 unspecified atom stereocenters. The third-order valence-electron chi connectivity index (χ3n) is 5.62. The van der Waals surface area contributed by atoms with E-state index in [-0.39, 0.29) is 17.0 Å². The van der Waals surface area contributed by atoms with Crippen LogP contribution in [0.1, 0.15) is 87.2 Å². The molecule has 0 saturated carbocycles. The van der Waals surface area contributed by atoms with Crippen LogP contribution in [0.2, 0.25) is 0 Å². The van der Waals surface area contributed by atoms with Gasteiger partial charge in [-0.15, -0.1) is 0 Å². The molecule has 0 saturated heterocycles. The molecule has 0 atom stereocenters. The van der Waals surface area contributed by atoms with Crippen LogP contribution in [-0.2, 0) is 32.2 Å². The fraction of sp³-hybridized carbons (Fsp3) is 0.750. The Morgan fingerprint density at radius 2 is 1.30 bits per heavy atom. The number of hydrogen-bond donors (Lipinski definition) is 1. The molecule has 2 aliphatic rings. The summed E-state index contributed by atoms with van der Waals surface area (Å²) in [7, 11) is 0. The van der Waals surface area contributed by atoms with Crippen molar-refractivity contribution in [1.29, 1.82) is 5.41 Å². The molecule has 0 radical (unpaired) electrons. The van der Waals surface area contributed by atoms with Crippen LogP contribution in [0.4, 0.5) is 0 Å². The van der Waals surface area contributed by atoms with Crippen LogP contribution >= 0.6 is 0 Å². The fourth-order valence-electron chi connectivity index (χ4n) is 4.43. The lowest BCUT2D eigenvalue weighted by Gasteiger charge is -2.19. The molecule has 23 heavy (non-hydrogen) atoms. The van der Waals surface area contributed by atoms with Gasteiger partial charge in [0.2, 0.25) is 0 Å². The minimum absolute atomic E-state index is 0. The number of fused-ring (bicyclic) bond motifs is 2. The Labute approximate surface area is 152 Å². The molecule has 1 heterocycles. The maximum Gasteiger partial charge on any atom is 0.0638 e. The molecule has 0 amide bonds. The molecule has 0 aromatic carbocycles. The second-order valence-electron chi connectivity index (χ2n) is 7.21. The van der Waals surface area contributed by atoms with Crippen molar-refractivity contribution in [3.05, 3.63) is 27.9 Å². The summed E-state index contributed by atoms with van der Waals surface area (Å²) in [5, 5.41) is 9.41. The van der Waals surface area contributed by atoms with E-state index < -0.39 is 0 Å². The van der Waals surface area contributed by atoms with E-state index in [0.717, 1.165) is 18.2 Å². The van der Waals surface area contributed by atoms with Crippen molar-refractivity contribution < 1.29 is 17.0 Å². The zero-order valence-corrected chi connectivity index (χ0v) is 16.3. The zero-order valence-electron chi connectivity index (χ0n) is 14.7. The van der Waals surface area contributed by atoms with Gasteiger partial charge in [0.25, 0.3) is 0 Å². The fourth-order valence-corrected chi connectivity index (χ4v) is 4.43. The summed E-state index contributed by atoms with van der Waals surface area (Å²) < 4.78 is 2.65. The van der Waals surface area contributed by atoms with Gasteiger partial charge in [0.1, 0.15) is 0 Å². The number of halogens is 1. The number of hydrogen-bond acceptors (Lipinski definition) is 1. The maximum atomic E-state index is 8.50. The highest BCUT2D eigenvalue weighted by atomic mass is 79.9. The Morgan fingerprint density at radius 3 is 1.87 bits per heavy atom. The molecule has 0 spiro atoms. The summed E-state index contributed by atoms with van der Waals surface area (Å²) in [6, 6.07) is 0. The van der Waals surface area contributed by atoms with Gasteiger partial charge in [0, 0.05) is 17.9 Å². The Kier molecular flexibility index (Phi) is 7.39. The Bertz CT molecular complexity index is 536. The highest BCUT2D eigenvalue weighted by Crippen LogP contribution is 2.27. The molecule has 1 aromatic heterocycles. The second-order valence-corrected chi connectivity index (χ2v) is 7.21. The summed E-state index contributed by atoms with van der Waals surface area (Å²) in [4.78, 5) is 0. The van der Waals surface area contributed by atoms with Crippen molar-refractivity contribution in [3.8, 4) is 0 Å². The number of unbranched alkanes of at least 4 members (excludes halogenated alkanes) is 6. The van der Waals surface area contributed by atoms with Crippen molar-refractivity contribution in [2.24, 2.45) is 0 Å². The molecular formula is C20H32BrN2-. The summed E-state index contributed by atoms with van der Waals surface area (Å²) in [6.07, 6.45) is 16.9. The molecule has 0 fully saturated rings. The van der Waals surface area contributed by atoms with Crippen LogP contribution in [0.3, 0.4) is 0 Å². The first-order valence-electron chi connectivity index (χ1n) is 9.63. The van der Waals surface area contributed by atoms with Crippen molar-refractivity contribution >= 4 is 0 Å². The van der Waals surface area contributed by atoms with E-state index in [9.17, 15) is 0 Å². The molecule has 0 aliphatic heterocycles. The van der Waals surface area contributed by atoms with Crippen molar-refractivity contribution in [3.63, 3.8) is 0 Å². The Morgan fingerprint density at radius 1 is 0.783 bits per heavy atom. The smallest absolute Gasteiger partial charge is 0.0638 e. The molecule has 3 heteroatoms.